The van der Waals surface area contributed by atoms with Crippen molar-refractivity contribution in [2.45, 2.75) is 51.8 Å². The van der Waals surface area contributed by atoms with E-state index >= 15 is 0 Å². The Kier molecular flexibility index (Phi) is 10.2. The van der Waals surface area contributed by atoms with Crippen LogP contribution in [-0.4, -0.2) is 46.7 Å². The normalized spacial score (nSPS) is 12.7. The Morgan fingerprint density at radius 1 is 1.03 bits per heavy atom. The molecule has 0 saturated carbocycles. The molecular weight excluding hydrogens is 510 g/mol. The molecule has 206 valence electrons. The van der Waals surface area contributed by atoms with Gasteiger partial charge in [0.05, 0.1) is 0 Å². The Labute approximate surface area is 236 Å². The molecule has 3 aromatic carbocycles. The molecule has 0 aliphatic carbocycles. The first-order valence-electron chi connectivity index (χ1n) is 13.0. The summed E-state index contributed by atoms with van der Waals surface area (Å²) in [6.45, 7) is 11.1. The number of nitrogens with zero attached hydrogens (tertiary/aromatic N) is 1. The fourth-order valence-corrected chi connectivity index (χ4v) is 4.43. The minimum atomic E-state index is -1.02. The molecule has 0 aliphatic rings. The molecule has 3 rings (SSSR count). The summed E-state index contributed by atoms with van der Waals surface area (Å²) in [7, 11) is 0. The van der Waals surface area contributed by atoms with Crippen molar-refractivity contribution >= 4 is 47.0 Å². The highest BCUT2D eigenvalue weighted by Crippen LogP contribution is 2.26. The summed E-state index contributed by atoms with van der Waals surface area (Å²) in [5, 5.41) is 7.62. The predicted octanol–water partition coefficient (Wildman–Crippen LogP) is 5.92. The molecule has 0 aromatic heterocycles. The second kappa shape index (κ2) is 13.3. The number of carbonyl (C=O) groups is 3. The maximum Gasteiger partial charge on any atom is 0.408 e. The van der Waals surface area contributed by atoms with Gasteiger partial charge in [-0.25, -0.2) is 4.79 Å². The van der Waals surface area contributed by atoms with E-state index in [1.807, 2.05) is 73.7 Å². The van der Waals surface area contributed by atoms with Crippen LogP contribution >= 0.6 is 12.6 Å². The van der Waals surface area contributed by atoms with Gasteiger partial charge in [-0.1, -0.05) is 67.6 Å². The second-order valence-electron chi connectivity index (χ2n) is 10.2. The van der Waals surface area contributed by atoms with Crippen LogP contribution in [0.15, 0.2) is 79.4 Å². The lowest BCUT2D eigenvalue weighted by Gasteiger charge is -2.33. The van der Waals surface area contributed by atoms with Gasteiger partial charge in [0, 0.05) is 18.0 Å². The molecule has 2 unspecified atom stereocenters. The number of benzene rings is 3. The molecule has 0 aliphatic heterocycles. The first-order valence-corrected chi connectivity index (χ1v) is 13.6. The molecular formula is C31H37N3O4S. The Morgan fingerprint density at radius 3 is 2.28 bits per heavy atom. The van der Waals surface area contributed by atoms with E-state index in [9.17, 15) is 14.4 Å². The van der Waals surface area contributed by atoms with Gasteiger partial charge in [-0.15, -0.1) is 6.58 Å². The number of hydrogen-bond donors (Lipinski definition) is 3. The maximum absolute atomic E-state index is 13.9. The Balaban J connectivity index is 1.97. The first-order chi connectivity index (χ1) is 18.6. The molecule has 0 radical (unpaired) electrons. The van der Waals surface area contributed by atoms with Crippen LogP contribution < -0.4 is 10.6 Å². The summed E-state index contributed by atoms with van der Waals surface area (Å²) in [5.74, 6) is -0.853. The standard InChI is InChI=1S/C31H37N3O4S/c1-6-18-34(29(36)26(20-39)33-30(37)38-31(3,4)5)27(23-14-12-21(7-2)13-15-23)28(35)32-25-17-16-22-10-8-9-11-24(22)19-25/h6,8-17,19,26-27,39H,1,7,18,20H2,2-5H3,(H,32,35)(H,33,37). The summed E-state index contributed by atoms with van der Waals surface area (Å²) in [6.07, 6.45) is 1.65. The van der Waals surface area contributed by atoms with E-state index in [1.54, 1.807) is 26.8 Å². The molecule has 8 heteroatoms. The molecule has 39 heavy (non-hydrogen) atoms. The van der Waals surface area contributed by atoms with Gasteiger partial charge in [0.25, 0.3) is 5.91 Å². The van der Waals surface area contributed by atoms with Gasteiger partial charge in [-0.3, -0.25) is 9.59 Å². The van der Waals surface area contributed by atoms with Crippen LogP contribution in [0.1, 0.15) is 44.9 Å². The zero-order valence-corrected chi connectivity index (χ0v) is 23.8. The van der Waals surface area contributed by atoms with Crippen molar-refractivity contribution in [2.75, 3.05) is 17.6 Å². The van der Waals surface area contributed by atoms with Crippen molar-refractivity contribution in [3.63, 3.8) is 0 Å². The minimum absolute atomic E-state index is 0.0134. The average Bonchev–Trinajstić information content (AvgIpc) is 2.90. The van der Waals surface area contributed by atoms with E-state index in [1.165, 1.54) is 4.90 Å². The number of thiol groups is 1. The first kappa shape index (κ1) is 29.8. The molecule has 3 aromatic rings. The van der Waals surface area contributed by atoms with Crippen molar-refractivity contribution in [1.82, 2.24) is 10.2 Å². The number of hydrogen-bond acceptors (Lipinski definition) is 5. The molecule has 7 nitrogen and oxygen atoms in total. The lowest BCUT2D eigenvalue weighted by Crippen LogP contribution is -2.53. The maximum atomic E-state index is 13.9. The summed E-state index contributed by atoms with van der Waals surface area (Å²) in [5.41, 5.74) is 1.61. The van der Waals surface area contributed by atoms with Gasteiger partial charge in [0.2, 0.25) is 5.91 Å². The van der Waals surface area contributed by atoms with E-state index in [4.69, 9.17) is 4.74 Å². The third-order valence-electron chi connectivity index (χ3n) is 6.06. The molecule has 0 saturated heterocycles. The van der Waals surface area contributed by atoms with Crippen LogP contribution in [0.5, 0.6) is 0 Å². The molecule has 0 bridgehead atoms. The van der Waals surface area contributed by atoms with E-state index in [0.29, 0.717) is 11.3 Å². The average molecular weight is 548 g/mol. The number of anilines is 1. The van der Waals surface area contributed by atoms with Crippen molar-refractivity contribution in [3.05, 3.63) is 90.5 Å². The Morgan fingerprint density at radius 2 is 1.69 bits per heavy atom. The Bertz CT molecular complexity index is 1320. The minimum Gasteiger partial charge on any atom is -0.444 e. The van der Waals surface area contributed by atoms with Crippen molar-refractivity contribution in [2.24, 2.45) is 0 Å². The lowest BCUT2D eigenvalue weighted by atomic mass is 10.0. The third-order valence-corrected chi connectivity index (χ3v) is 6.43. The van der Waals surface area contributed by atoms with Gasteiger partial charge >= 0.3 is 6.09 Å². The van der Waals surface area contributed by atoms with Gasteiger partial charge in [0.1, 0.15) is 17.7 Å². The monoisotopic (exact) mass is 547 g/mol. The number of carbonyl (C=O) groups excluding carboxylic acids is 3. The predicted molar refractivity (Wildman–Crippen MR) is 160 cm³/mol. The van der Waals surface area contributed by atoms with Crippen LogP contribution in [-0.2, 0) is 20.7 Å². The zero-order valence-electron chi connectivity index (χ0n) is 22.9. The number of amides is 3. The molecule has 0 fully saturated rings. The SMILES string of the molecule is C=CCN(C(=O)C(CS)NC(=O)OC(C)(C)C)C(C(=O)Nc1ccc2ccccc2c1)c1ccc(CC)cc1. The van der Waals surface area contributed by atoms with Gasteiger partial charge in [-0.05, 0) is 61.2 Å². The number of alkyl carbamates (subject to hydrolysis) is 1. The quantitative estimate of drug-likeness (QED) is 0.217. The van der Waals surface area contributed by atoms with Gasteiger partial charge < -0.3 is 20.3 Å². The smallest absolute Gasteiger partial charge is 0.408 e. The molecule has 0 heterocycles. The number of rotatable bonds is 10. The third kappa shape index (κ3) is 8.10. The highest BCUT2D eigenvalue weighted by molar-refractivity contribution is 7.80. The van der Waals surface area contributed by atoms with Gasteiger partial charge in [0.15, 0.2) is 0 Å². The molecule has 3 amide bonds. The van der Waals surface area contributed by atoms with Crippen LogP contribution in [0.4, 0.5) is 10.5 Å². The molecule has 2 N–H and O–H groups in total. The number of aryl methyl sites for hydroxylation is 1. The van der Waals surface area contributed by atoms with Crippen LogP contribution in [0.25, 0.3) is 10.8 Å². The number of fused-ring (bicyclic) bond motifs is 1. The zero-order chi connectivity index (χ0) is 28.6. The second-order valence-corrected chi connectivity index (χ2v) is 10.6. The molecule has 0 spiro atoms. The van der Waals surface area contributed by atoms with Gasteiger partial charge in [-0.2, -0.15) is 12.6 Å². The van der Waals surface area contributed by atoms with Crippen molar-refractivity contribution in [3.8, 4) is 0 Å². The van der Waals surface area contributed by atoms with Crippen molar-refractivity contribution < 1.29 is 19.1 Å². The van der Waals surface area contributed by atoms with Crippen molar-refractivity contribution in [1.29, 1.82) is 0 Å². The van der Waals surface area contributed by atoms with Crippen LogP contribution in [0.2, 0.25) is 0 Å². The summed E-state index contributed by atoms with van der Waals surface area (Å²) >= 11 is 4.31. The summed E-state index contributed by atoms with van der Waals surface area (Å²) in [4.78, 5) is 41.6. The van der Waals surface area contributed by atoms with Crippen LogP contribution in [0.3, 0.4) is 0 Å². The van der Waals surface area contributed by atoms with E-state index < -0.39 is 29.7 Å². The largest absolute Gasteiger partial charge is 0.444 e. The topological polar surface area (TPSA) is 87.7 Å². The van der Waals surface area contributed by atoms with Crippen LogP contribution in [0, 0.1) is 0 Å². The van der Waals surface area contributed by atoms with E-state index in [-0.39, 0.29) is 18.2 Å². The highest BCUT2D eigenvalue weighted by atomic mass is 32.1. The number of nitrogens with one attached hydrogen (secondary N) is 2. The fourth-order valence-electron chi connectivity index (χ4n) is 4.18. The van der Waals surface area contributed by atoms with E-state index in [0.717, 1.165) is 22.8 Å². The summed E-state index contributed by atoms with van der Waals surface area (Å²) in [6, 6.07) is 19.1. The van der Waals surface area contributed by atoms with E-state index in [2.05, 4.69) is 29.8 Å². The summed E-state index contributed by atoms with van der Waals surface area (Å²) < 4.78 is 5.34. The highest BCUT2D eigenvalue weighted by Gasteiger charge is 2.35. The Hall–Kier alpha value is -3.78. The lowest BCUT2D eigenvalue weighted by molar-refractivity contribution is -0.139. The molecule has 2 atom stereocenters. The number of ether oxygens (including phenoxy) is 1. The fraction of sp³-hybridized carbons (Fsp3) is 0.323.